The van der Waals surface area contributed by atoms with Crippen LogP contribution in [0.15, 0.2) is 4.99 Å². The average Bonchev–Trinajstić information content (AvgIpc) is 3.02. The van der Waals surface area contributed by atoms with E-state index in [1.165, 1.54) is 38.9 Å². The first-order valence-electron chi connectivity index (χ1n) is 9.00. The third-order valence-electron chi connectivity index (χ3n) is 4.01. The zero-order chi connectivity index (χ0) is 16.0. The van der Waals surface area contributed by atoms with Gasteiger partial charge in [-0.3, -0.25) is 4.99 Å². The van der Waals surface area contributed by atoms with Gasteiger partial charge in [0.2, 0.25) is 0 Å². The average molecular weight is 313 g/mol. The molecule has 2 N–H and O–H groups in total. The Labute approximate surface area is 136 Å². The van der Waals surface area contributed by atoms with Crippen LogP contribution >= 0.6 is 0 Å². The lowest BCUT2D eigenvalue weighted by Crippen LogP contribution is -2.41. The molecular formula is C17H36N4O. The molecule has 1 heterocycles. The number of hydrogen-bond donors (Lipinski definition) is 2. The van der Waals surface area contributed by atoms with Crippen molar-refractivity contribution in [3.05, 3.63) is 0 Å². The third kappa shape index (κ3) is 9.26. The Morgan fingerprint density at radius 3 is 2.59 bits per heavy atom. The number of guanidine groups is 1. The van der Waals surface area contributed by atoms with Gasteiger partial charge in [-0.25, -0.2) is 0 Å². The van der Waals surface area contributed by atoms with Gasteiger partial charge in [0.25, 0.3) is 0 Å². The molecule has 0 saturated carbocycles. The van der Waals surface area contributed by atoms with E-state index < -0.39 is 0 Å². The van der Waals surface area contributed by atoms with Crippen LogP contribution in [0.5, 0.6) is 0 Å². The summed E-state index contributed by atoms with van der Waals surface area (Å²) < 4.78 is 5.56. The molecule has 0 aromatic rings. The molecule has 0 aromatic carbocycles. The standard InChI is InChI=1S/C17H36N4O/c1-4-5-12-22-13-8-9-19-17(18-3)20-14-16(2)15-21-10-6-7-11-21/h16H,4-15H2,1-3H3,(H2,18,19,20). The van der Waals surface area contributed by atoms with Crippen molar-refractivity contribution in [2.24, 2.45) is 10.9 Å². The predicted octanol–water partition coefficient (Wildman–Crippen LogP) is 2.09. The third-order valence-corrected chi connectivity index (χ3v) is 4.01. The maximum Gasteiger partial charge on any atom is 0.190 e. The van der Waals surface area contributed by atoms with Gasteiger partial charge < -0.3 is 20.3 Å². The van der Waals surface area contributed by atoms with E-state index in [1.807, 2.05) is 7.05 Å². The topological polar surface area (TPSA) is 48.9 Å². The van der Waals surface area contributed by atoms with E-state index in [9.17, 15) is 0 Å². The number of rotatable bonds is 11. The van der Waals surface area contributed by atoms with E-state index in [-0.39, 0.29) is 0 Å². The summed E-state index contributed by atoms with van der Waals surface area (Å²) in [6.07, 6.45) is 6.11. The van der Waals surface area contributed by atoms with Crippen molar-refractivity contribution >= 4 is 5.96 Å². The minimum Gasteiger partial charge on any atom is -0.381 e. The number of likely N-dealkylation sites (tertiary alicyclic amines) is 1. The second-order valence-corrected chi connectivity index (χ2v) is 6.31. The Morgan fingerprint density at radius 2 is 1.91 bits per heavy atom. The Balaban J connectivity index is 2.01. The number of ether oxygens (including phenoxy) is 1. The quantitative estimate of drug-likeness (QED) is 0.348. The van der Waals surface area contributed by atoms with Gasteiger partial charge in [-0.15, -0.1) is 0 Å². The summed E-state index contributed by atoms with van der Waals surface area (Å²) in [5, 5.41) is 6.78. The minimum atomic E-state index is 0.647. The molecule has 1 aliphatic heterocycles. The highest BCUT2D eigenvalue weighted by atomic mass is 16.5. The van der Waals surface area contributed by atoms with Gasteiger partial charge in [0.1, 0.15) is 0 Å². The highest BCUT2D eigenvalue weighted by molar-refractivity contribution is 5.79. The molecular weight excluding hydrogens is 276 g/mol. The Bertz CT molecular complexity index is 290. The van der Waals surface area contributed by atoms with Crippen LogP contribution in [-0.2, 0) is 4.74 Å². The maximum absolute atomic E-state index is 5.56. The van der Waals surface area contributed by atoms with Crippen LogP contribution in [0.3, 0.4) is 0 Å². The number of unbranched alkanes of at least 4 members (excludes halogenated alkanes) is 1. The summed E-state index contributed by atoms with van der Waals surface area (Å²) in [7, 11) is 1.83. The largest absolute Gasteiger partial charge is 0.381 e. The van der Waals surface area contributed by atoms with Crippen LogP contribution in [0.25, 0.3) is 0 Å². The van der Waals surface area contributed by atoms with Crippen molar-refractivity contribution in [2.45, 2.75) is 46.0 Å². The van der Waals surface area contributed by atoms with E-state index in [2.05, 4.69) is 34.4 Å². The first-order chi connectivity index (χ1) is 10.8. The molecule has 0 aromatic heterocycles. The van der Waals surface area contributed by atoms with E-state index >= 15 is 0 Å². The van der Waals surface area contributed by atoms with Crippen molar-refractivity contribution in [1.29, 1.82) is 0 Å². The van der Waals surface area contributed by atoms with E-state index in [4.69, 9.17) is 4.74 Å². The first-order valence-corrected chi connectivity index (χ1v) is 9.00. The van der Waals surface area contributed by atoms with Gasteiger partial charge in [-0.1, -0.05) is 20.3 Å². The molecule has 1 rings (SSSR count). The van der Waals surface area contributed by atoms with E-state index in [0.29, 0.717) is 5.92 Å². The molecule has 0 radical (unpaired) electrons. The van der Waals surface area contributed by atoms with Crippen LogP contribution in [0.4, 0.5) is 0 Å². The zero-order valence-electron chi connectivity index (χ0n) is 14.9. The van der Waals surface area contributed by atoms with Gasteiger partial charge in [0.15, 0.2) is 5.96 Å². The molecule has 0 aliphatic carbocycles. The molecule has 22 heavy (non-hydrogen) atoms. The van der Waals surface area contributed by atoms with Gasteiger partial charge in [0.05, 0.1) is 0 Å². The summed E-state index contributed by atoms with van der Waals surface area (Å²) in [6.45, 7) is 11.8. The molecule has 0 amide bonds. The molecule has 1 atom stereocenters. The monoisotopic (exact) mass is 312 g/mol. The fraction of sp³-hybridized carbons (Fsp3) is 0.941. The lowest BCUT2D eigenvalue weighted by Gasteiger charge is -2.21. The summed E-state index contributed by atoms with van der Waals surface area (Å²) in [4.78, 5) is 6.84. The van der Waals surface area contributed by atoms with Crippen LogP contribution < -0.4 is 10.6 Å². The molecule has 0 bridgehead atoms. The van der Waals surface area contributed by atoms with E-state index in [0.717, 1.165) is 45.1 Å². The first kappa shape index (κ1) is 19.2. The number of aliphatic imine (C=N–C) groups is 1. The van der Waals surface area contributed by atoms with Gasteiger partial charge >= 0.3 is 0 Å². The van der Waals surface area contributed by atoms with Gasteiger partial charge in [-0.2, -0.15) is 0 Å². The summed E-state index contributed by atoms with van der Waals surface area (Å²) >= 11 is 0. The lowest BCUT2D eigenvalue weighted by molar-refractivity contribution is 0.129. The van der Waals surface area contributed by atoms with Crippen molar-refractivity contribution in [3.63, 3.8) is 0 Å². The van der Waals surface area contributed by atoms with Crippen LogP contribution in [-0.4, -0.2) is 63.8 Å². The molecule has 0 spiro atoms. The lowest BCUT2D eigenvalue weighted by atomic mass is 10.1. The second-order valence-electron chi connectivity index (χ2n) is 6.31. The fourth-order valence-electron chi connectivity index (χ4n) is 2.69. The van der Waals surface area contributed by atoms with Crippen molar-refractivity contribution < 1.29 is 4.74 Å². The van der Waals surface area contributed by atoms with Gasteiger partial charge in [0, 0.05) is 39.9 Å². The Kier molecular flexibility index (Phi) is 11.1. The van der Waals surface area contributed by atoms with Gasteiger partial charge in [-0.05, 0) is 44.7 Å². The highest BCUT2D eigenvalue weighted by Crippen LogP contribution is 2.09. The SMILES string of the molecule is CCCCOCCCNC(=NC)NCC(C)CN1CCCC1. The molecule has 130 valence electrons. The zero-order valence-corrected chi connectivity index (χ0v) is 14.9. The number of hydrogen-bond acceptors (Lipinski definition) is 3. The van der Waals surface area contributed by atoms with Crippen molar-refractivity contribution in [3.8, 4) is 0 Å². The second kappa shape index (κ2) is 12.7. The van der Waals surface area contributed by atoms with E-state index in [1.54, 1.807) is 0 Å². The summed E-state index contributed by atoms with van der Waals surface area (Å²) in [5.41, 5.74) is 0. The predicted molar refractivity (Wildman–Crippen MR) is 94.5 cm³/mol. The summed E-state index contributed by atoms with van der Waals surface area (Å²) in [5.74, 6) is 1.55. The minimum absolute atomic E-state index is 0.647. The Hall–Kier alpha value is -0.810. The number of nitrogens with zero attached hydrogens (tertiary/aromatic N) is 2. The molecule has 5 heteroatoms. The van der Waals surface area contributed by atoms with Crippen molar-refractivity contribution in [1.82, 2.24) is 15.5 Å². The fourth-order valence-corrected chi connectivity index (χ4v) is 2.69. The summed E-state index contributed by atoms with van der Waals surface area (Å²) in [6, 6.07) is 0. The van der Waals surface area contributed by atoms with Crippen LogP contribution in [0, 0.1) is 5.92 Å². The van der Waals surface area contributed by atoms with Crippen molar-refractivity contribution in [2.75, 3.05) is 53.0 Å². The smallest absolute Gasteiger partial charge is 0.190 e. The molecule has 1 saturated heterocycles. The highest BCUT2D eigenvalue weighted by Gasteiger charge is 2.14. The number of nitrogens with one attached hydrogen (secondary N) is 2. The Morgan fingerprint density at radius 1 is 1.18 bits per heavy atom. The molecule has 5 nitrogen and oxygen atoms in total. The maximum atomic E-state index is 5.56. The molecule has 1 aliphatic rings. The normalized spacial score (nSPS) is 17.7. The van der Waals surface area contributed by atoms with Crippen LogP contribution in [0.1, 0.15) is 46.0 Å². The van der Waals surface area contributed by atoms with Crippen LogP contribution in [0.2, 0.25) is 0 Å². The molecule has 1 unspecified atom stereocenters. The molecule has 1 fully saturated rings.